The van der Waals surface area contributed by atoms with E-state index in [1.165, 1.54) is 0 Å². The number of carbonyl (C=O) groups is 1. The van der Waals surface area contributed by atoms with E-state index in [-0.39, 0.29) is 5.91 Å². The Morgan fingerprint density at radius 2 is 2.33 bits per heavy atom. The maximum atomic E-state index is 11.9. The molecule has 2 aromatic rings. The zero-order valence-electron chi connectivity index (χ0n) is 11.7. The van der Waals surface area contributed by atoms with Gasteiger partial charge >= 0.3 is 0 Å². The molecule has 0 aliphatic carbocycles. The molecular weight excluding hydrogens is 268 g/mol. The Balaban J connectivity index is 1.83. The molecule has 2 N–H and O–H groups in total. The Labute approximate surface area is 122 Å². The van der Waals surface area contributed by atoms with E-state index in [1.54, 1.807) is 43.6 Å². The molecule has 1 atom stereocenters. The molecule has 0 spiro atoms. The number of carbonyl (C=O) groups excluding carboxylic acids is 1. The summed E-state index contributed by atoms with van der Waals surface area (Å²) in [5, 5.41) is 11.7. The average molecular weight is 284 g/mol. The number of para-hydroxylation sites is 1. The Morgan fingerprint density at radius 1 is 1.52 bits per heavy atom. The van der Waals surface area contributed by atoms with Crippen LogP contribution in [-0.4, -0.2) is 28.5 Å². The van der Waals surface area contributed by atoms with Crippen molar-refractivity contribution in [2.45, 2.75) is 19.4 Å². The Bertz CT molecular complexity index is 631. The number of aromatic nitrogens is 2. The summed E-state index contributed by atoms with van der Waals surface area (Å²) in [4.78, 5) is 19.0. The molecule has 1 unspecified atom stereocenters. The van der Waals surface area contributed by atoms with Gasteiger partial charge in [0, 0.05) is 25.4 Å². The molecule has 108 valence electrons. The molecule has 0 saturated carbocycles. The topological polar surface area (TPSA) is 90.8 Å². The molecule has 1 amide bonds. The standard InChI is InChI=1S/C15H16N4O2/c1-11(21-13-5-3-2-4-12(13)10-16)15(20)19-7-6-14-17-8-9-18-14/h2-5,8-9,11H,6-7H2,1H3,(H,17,18)(H,19,20). The van der Waals surface area contributed by atoms with Gasteiger partial charge in [0.2, 0.25) is 0 Å². The largest absolute Gasteiger partial charge is 0.480 e. The van der Waals surface area contributed by atoms with Crippen molar-refractivity contribution in [3.63, 3.8) is 0 Å². The third-order valence-corrected chi connectivity index (χ3v) is 2.90. The smallest absolute Gasteiger partial charge is 0.260 e. The fourth-order valence-corrected chi connectivity index (χ4v) is 1.79. The molecule has 0 saturated heterocycles. The van der Waals surface area contributed by atoms with Crippen molar-refractivity contribution in [1.29, 1.82) is 5.26 Å². The maximum Gasteiger partial charge on any atom is 0.260 e. The van der Waals surface area contributed by atoms with Gasteiger partial charge in [-0.2, -0.15) is 5.26 Å². The number of hydrogen-bond acceptors (Lipinski definition) is 4. The highest BCUT2D eigenvalue weighted by Crippen LogP contribution is 2.18. The first kappa shape index (κ1) is 14.6. The lowest BCUT2D eigenvalue weighted by molar-refractivity contribution is -0.127. The van der Waals surface area contributed by atoms with Crippen LogP contribution in [0.4, 0.5) is 0 Å². The average Bonchev–Trinajstić information content (AvgIpc) is 3.01. The van der Waals surface area contributed by atoms with Crippen LogP contribution < -0.4 is 10.1 Å². The van der Waals surface area contributed by atoms with Crippen molar-refractivity contribution in [3.05, 3.63) is 48.0 Å². The van der Waals surface area contributed by atoms with E-state index in [4.69, 9.17) is 10.00 Å². The summed E-state index contributed by atoms with van der Waals surface area (Å²) in [5.41, 5.74) is 0.410. The summed E-state index contributed by atoms with van der Waals surface area (Å²) in [6.07, 6.45) is 3.36. The van der Waals surface area contributed by atoms with Gasteiger partial charge in [0.15, 0.2) is 6.10 Å². The van der Waals surface area contributed by atoms with Crippen molar-refractivity contribution in [2.24, 2.45) is 0 Å². The van der Waals surface area contributed by atoms with E-state index in [1.807, 2.05) is 6.07 Å². The Hall–Kier alpha value is -2.81. The number of nitrogens with zero attached hydrogens (tertiary/aromatic N) is 2. The van der Waals surface area contributed by atoms with E-state index in [0.29, 0.717) is 24.3 Å². The van der Waals surface area contributed by atoms with Gasteiger partial charge in [-0.3, -0.25) is 4.79 Å². The fraction of sp³-hybridized carbons (Fsp3) is 0.267. The van der Waals surface area contributed by atoms with Gasteiger partial charge in [-0.1, -0.05) is 12.1 Å². The minimum atomic E-state index is -0.670. The van der Waals surface area contributed by atoms with E-state index in [2.05, 4.69) is 15.3 Å². The second kappa shape index (κ2) is 7.10. The number of rotatable bonds is 6. The molecular formula is C15H16N4O2. The molecule has 0 bridgehead atoms. The number of ether oxygens (including phenoxy) is 1. The molecule has 2 rings (SSSR count). The highest BCUT2D eigenvalue weighted by atomic mass is 16.5. The van der Waals surface area contributed by atoms with Crippen LogP contribution in [0.1, 0.15) is 18.3 Å². The number of hydrogen-bond donors (Lipinski definition) is 2. The highest BCUT2D eigenvalue weighted by Gasteiger charge is 2.15. The third kappa shape index (κ3) is 4.08. The number of amides is 1. The van der Waals surface area contributed by atoms with Gasteiger partial charge in [0.05, 0.1) is 5.56 Å². The van der Waals surface area contributed by atoms with E-state index >= 15 is 0 Å². The second-order valence-electron chi connectivity index (χ2n) is 4.44. The van der Waals surface area contributed by atoms with Gasteiger partial charge in [0.25, 0.3) is 5.91 Å². The normalized spacial score (nSPS) is 11.4. The molecule has 1 heterocycles. The molecule has 0 fully saturated rings. The van der Waals surface area contributed by atoms with Gasteiger partial charge in [-0.25, -0.2) is 4.98 Å². The van der Waals surface area contributed by atoms with Crippen LogP contribution in [0.15, 0.2) is 36.7 Å². The lowest BCUT2D eigenvalue weighted by Crippen LogP contribution is -2.37. The zero-order valence-corrected chi connectivity index (χ0v) is 11.7. The van der Waals surface area contributed by atoms with Crippen molar-refractivity contribution in [3.8, 4) is 11.8 Å². The molecule has 0 aliphatic heterocycles. The van der Waals surface area contributed by atoms with E-state index in [0.717, 1.165) is 5.82 Å². The van der Waals surface area contributed by atoms with Crippen LogP contribution >= 0.6 is 0 Å². The highest BCUT2D eigenvalue weighted by molar-refractivity contribution is 5.80. The summed E-state index contributed by atoms with van der Waals surface area (Å²) in [6, 6.07) is 8.87. The lowest BCUT2D eigenvalue weighted by atomic mass is 10.2. The molecule has 1 aromatic heterocycles. The van der Waals surface area contributed by atoms with E-state index in [9.17, 15) is 4.79 Å². The predicted molar refractivity (Wildman–Crippen MR) is 76.5 cm³/mol. The zero-order chi connectivity index (χ0) is 15.1. The molecule has 0 radical (unpaired) electrons. The first-order chi connectivity index (χ1) is 10.2. The van der Waals surface area contributed by atoms with Crippen LogP contribution in [-0.2, 0) is 11.2 Å². The van der Waals surface area contributed by atoms with Gasteiger partial charge in [-0.15, -0.1) is 0 Å². The quantitative estimate of drug-likeness (QED) is 0.839. The summed E-state index contributed by atoms with van der Waals surface area (Å²) >= 11 is 0. The summed E-state index contributed by atoms with van der Waals surface area (Å²) in [7, 11) is 0. The van der Waals surface area contributed by atoms with Gasteiger partial charge in [0.1, 0.15) is 17.6 Å². The van der Waals surface area contributed by atoms with Crippen LogP contribution in [0.25, 0.3) is 0 Å². The van der Waals surface area contributed by atoms with Gasteiger partial charge < -0.3 is 15.0 Å². The SMILES string of the molecule is CC(Oc1ccccc1C#N)C(=O)NCCc1ncc[nH]1. The van der Waals surface area contributed by atoms with Crippen molar-refractivity contribution >= 4 is 5.91 Å². The lowest BCUT2D eigenvalue weighted by Gasteiger charge is -2.15. The Morgan fingerprint density at radius 3 is 3.05 bits per heavy atom. The third-order valence-electron chi connectivity index (χ3n) is 2.90. The van der Waals surface area contributed by atoms with Crippen LogP contribution in [0.3, 0.4) is 0 Å². The van der Waals surface area contributed by atoms with E-state index < -0.39 is 6.10 Å². The van der Waals surface area contributed by atoms with Crippen LogP contribution in [0, 0.1) is 11.3 Å². The minimum Gasteiger partial charge on any atom is -0.480 e. The molecule has 21 heavy (non-hydrogen) atoms. The Kier molecular flexibility index (Phi) is 4.94. The summed E-state index contributed by atoms with van der Waals surface area (Å²) in [6.45, 7) is 2.12. The molecule has 6 heteroatoms. The van der Waals surface area contributed by atoms with Crippen molar-refractivity contribution in [1.82, 2.24) is 15.3 Å². The number of benzene rings is 1. The summed E-state index contributed by atoms with van der Waals surface area (Å²) in [5.74, 6) is 1.00. The second-order valence-corrected chi connectivity index (χ2v) is 4.44. The van der Waals surface area contributed by atoms with Crippen LogP contribution in [0.2, 0.25) is 0 Å². The molecule has 6 nitrogen and oxygen atoms in total. The molecule has 1 aromatic carbocycles. The predicted octanol–water partition coefficient (Wildman–Crippen LogP) is 1.41. The summed E-state index contributed by atoms with van der Waals surface area (Å²) < 4.78 is 5.53. The number of H-pyrrole nitrogens is 1. The first-order valence-corrected chi connectivity index (χ1v) is 6.62. The fourth-order valence-electron chi connectivity index (χ4n) is 1.79. The monoisotopic (exact) mass is 284 g/mol. The van der Waals surface area contributed by atoms with Crippen LogP contribution in [0.5, 0.6) is 5.75 Å². The number of imidazole rings is 1. The minimum absolute atomic E-state index is 0.228. The number of nitrogens with one attached hydrogen (secondary N) is 2. The van der Waals surface area contributed by atoms with Crippen molar-refractivity contribution < 1.29 is 9.53 Å². The number of nitriles is 1. The maximum absolute atomic E-state index is 11.9. The molecule has 0 aliphatic rings. The first-order valence-electron chi connectivity index (χ1n) is 6.62. The number of aromatic amines is 1. The van der Waals surface area contributed by atoms with Crippen molar-refractivity contribution in [2.75, 3.05) is 6.54 Å². The van der Waals surface area contributed by atoms with Gasteiger partial charge in [-0.05, 0) is 19.1 Å².